The van der Waals surface area contributed by atoms with Crippen LogP contribution in [0, 0.1) is 0 Å². The van der Waals surface area contributed by atoms with Crippen LogP contribution in [0.3, 0.4) is 0 Å². The Balaban J connectivity index is 1.95. The van der Waals surface area contributed by atoms with Crippen molar-refractivity contribution in [1.29, 1.82) is 0 Å². The number of nitrogens with zero attached hydrogens (tertiary/aromatic N) is 3. The molecule has 0 atom stereocenters. The van der Waals surface area contributed by atoms with Gasteiger partial charge in [-0.2, -0.15) is 0 Å². The molecule has 3 rings (SSSR count). The minimum atomic E-state index is 0.323. The number of fused-ring (bicyclic) bond motifs is 1. The van der Waals surface area contributed by atoms with Crippen LogP contribution in [-0.4, -0.2) is 26.7 Å². The zero-order chi connectivity index (χ0) is 15.0. The van der Waals surface area contributed by atoms with E-state index in [0.717, 1.165) is 42.7 Å². The average Bonchev–Trinajstić information content (AvgIpc) is 2.82. The summed E-state index contributed by atoms with van der Waals surface area (Å²) in [6, 6.07) is 2.52. The fourth-order valence-electron chi connectivity index (χ4n) is 3.04. The first-order valence-electron chi connectivity index (χ1n) is 7.71. The summed E-state index contributed by atoms with van der Waals surface area (Å²) < 4.78 is 1.80. The molecule has 21 heavy (non-hydrogen) atoms. The Kier molecular flexibility index (Phi) is 3.71. The normalized spacial score (nSPS) is 22.9. The third-order valence-corrected chi connectivity index (χ3v) is 4.10. The summed E-state index contributed by atoms with van der Waals surface area (Å²) in [5.74, 6) is 0.986. The summed E-state index contributed by atoms with van der Waals surface area (Å²) in [5.41, 5.74) is 14.8. The van der Waals surface area contributed by atoms with E-state index < -0.39 is 0 Å². The number of imidazole rings is 1. The van der Waals surface area contributed by atoms with E-state index in [9.17, 15) is 0 Å². The van der Waals surface area contributed by atoms with Crippen LogP contribution >= 0.6 is 0 Å². The molecule has 0 unspecified atom stereocenters. The van der Waals surface area contributed by atoms with Crippen LogP contribution < -0.4 is 16.8 Å². The van der Waals surface area contributed by atoms with Crippen LogP contribution in [-0.2, 0) is 0 Å². The molecule has 0 amide bonds. The van der Waals surface area contributed by atoms with Gasteiger partial charge in [0.1, 0.15) is 5.82 Å². The van der Waals surface area contributed by atoms with Crippen LogP contribution in [0.15, 0.2) is 12.3 Å². The van der Waals surface area contributed by atoms with Gasteiger partial charge in [-0.3, -0.25) is 0 Å². The summed E-state index contributed by atoms with van der Waals surface area (Å²) in [6.07, 6.45) is 6.37. The van der Waals surface area contributed by atoms with Gasteiger partial charge in [-0.05, 0) is 39.5 Å². The van der Waals surface area contributed by atoms with Crippen molar-refractivity contribution < 1.29 is 0 Å². The van der Waals surface area contributed by atoms with E-state index in [2.05, 4.69) is 24.3 Å². The number of hydrogen-bond acceptors (Lipinski definition) is 5. The van der Waals surface area contributed by atoms with Crippen molar-refractivity contribution in [3.05, 3.63) is 18.0 Å². The Morgan fingerprint density at radius 1 is 1.29 bits per heavy atom. The van der Waals surface area contributed by atoms with Crippen LogP contribution in [0.5, 0.6) is 0 Å². The van der Waals surface area contributed by atoms with Crippen LogP contribution in [0.2, 0.25) is 0 Å². The van der Waals surface area contributed by atoms with Crippen molar-refractivity contribution in [3.63, 3.8) is 0 Å². The summed E-state index contributed by atoms with van der Waals surface area (Å²) in [6.45, 7) is 4.19. The lowest BCUT2D eigenvalue weighted by Gasteiger charge is -2.24. The molecule has 6 nitrogen and oxygen atoms in total. The standard InChI is InChI=1S/C15H24N6/c1-9(2)18-12-7-14(17)20-21-8-13(19-15(12)21)10-3-5-11(16)6-4-10/h7-11,18H,3-6,16H2,1-2H3,(H2,17,20). The zero-order valence-electron chi connectivity index (χ0n) is 12.7. The van der Waals surface area contributed by atoms with Gasteiger partial charge in [0, 0.05) is 24.1 Å². The predicted molar refractivity (Wildman–Crippen MR) is 85.3 cm³/mol. The molecular weight excluding hydrogens is 264 g/mol. The molecule has 1 aliphatic rings. The van der Waals surface area contributed by atoms with Crippen molar-refractivity contribution in [1.82, 2.24) is 14.6 Å². The Labute approximate surface area is 124 Å². The maximum atomic E-state index is 5.98. The van der Waals surface area contributed by atoms with E-state index in [-0.39, 0.29) is 0 Å². The highest BCUT2D eigenvalue weighted by molar-refractivity contribution is 5.70. The Morgan fingerprint density at radius 3 is 2.67 bits per heavy atom. The van der Waals surface area contributed by atoms with Gasteiger partial charge >= 0.3 is 0 Å². The molecule has 114 valence electrons. The van der Waals surface area contributed by atoms with Crippen LogP contribution in [0.4, 0.5) is 11.5 Å². The summed E-state index contributed by atoms with van der Waals surface area (Å²) in [5, 5.41) is 7.73. The number of hydrogen-bond donors (Lipinski definition) is 3. The lowest BCUT2D eigenvalue weighted by molar-refractivity contribution is 0.391. The van der Waals surface area contributed by atoms with Gasteiger partial charge < -0.3 is 16.8 Å². The highest BCUT2D eigenvalue weighted by atomic mass is 15.3. The van der Waals surface area contributed by atoms with E-state index in [1.165, 1.54) is 0 Å². The van der Waals surface area contributed by atoms with Crippen LogP contribution in [0.25, 0.3) is 5.65 Å². The molecule has 0 aliphatic heterocycles. The molecule has 1 fully saturated rings. The molecule has 2 aromatic rings. The molecule has 5 N–H and O–H groups in total. The molecule has 0 aromatic carbocycles. The third-order valence-electron chi connectivity index (χ3n) is 4.10. The maximum absolute atomic E-state index is 5.98. The number of aromatic nitrogens is 3. The van der Waals surface area contributed by atoms with Crippen molar-refractivity contribution in [2.75, 3.05) is 11.1 Å². The highest BCUT2D eigenvalue weighted by Gasteiger charge is 2.23. The van der Waals surface area contributed by atoms with E-state index in [0.29, 0.717) is 23.8 Å². The maximum Gasteiger partial charge on any atom is 0.177 e. The fraction of sp³-hybridized carbons (Fsp3) is 0.600. The first-order valence-corrected chi connectivity index (χ1v) is 7.71. The van der Waals surface area contributed by atoms with E-state index >= 15 is 0 Å². The van der Waals surface area contributed by atoms with Crippen molar-refractivity contribution in [2.45, 2.75) is 57.5 Å². The number of rotatable bonds is 3. The van der Waals surface area contributed by atoms with Gasteiger partial charge in [-0.15, -0.1) is 5.10 Å². The minimum absolute atomic E-state index is 0.323. The summed E-state index contributed by atoms with van der Waals surface area (Å²) in [4.78, 5) is 4.80. The molecule has 1 saturated carbocycles. The second kappa shape index (κ2) is 5.52. The van der Waals surface area contributed by atoms with Crippen molar-refractivity contribution >= 4 is 17.2 Å². The topological polar surface area (TPSA) is 94.3 Å². The molecule has 0 saturated heterocycles. The number of nitrogens with one attached hydrogen (secondary N) is 1. The fourth-order valence-corrected chi connectivity index (χ4v) is 3.04. The average molecular weight is 288 g/mol. The SMILES string of the molecule is CC(C)Nc1cc(N)nn2cc(C3CCC(N)CC3)nc12. The number of nitrogen functional groups attached to an aromatic ring is 1. The molecule has 6 heteroatoms. The first kappa shape index (κ1) is 14.1. The zero-order valence-corrected chi connectivity index (χ0v) is 12.7. The lowest BCUT2D eigenvalue weighted by atomic mass is 9.85. The van der Waals surface area contributed by atoms with Gasteiger partial charge in [0.15, 0.2) is 5.65 Å². The second-order valence-corrected chi connectivity index (χ2v) is 6.33. The molecule has 1 aliphatic carbocycles. The van der Waals surface area contributed by atoms with E-state index in [4.69, 9.17) is 16.5 Å². The quantitative estimate of drug-likeness (QED) is 0.804. The predicted octanol–water partition coefficient (Wildman–Crippen LogP) is 2.12. The van der Waals surface area contributed by atoms with Crippen molar-refractivity contribution in [3.8, 4) is 0 Å². The largest absolute Gasteiger partial charge is 0.382 e. The van der Waals surface area contributed by atoms with Crippen LogP contribution in [0.1, 0.15) is 51.1 Å². The molecule has 2 aromatic heterocycles. The smallest absolute Gasteiger partial charge is 0.177 e. The Bertz CT molecular complexity index is 624. The van der Waals surface area contributed by atoms with Crippen molar-refractivity contribution in [2.24, 2.45) is 5.73 Å². The summed E-state index contributed by atoms with van der Waals surface area (Å²) >= 11 is 0. The van der Waals surface area contributed by atoms with E-state index in [1.807, 2.05) is 12.3 Å². The Morgan fingerprint density at radius 2 is 2.00 bits per heavy atom. The highest BCUT2D eigenvalue weighted by Crippen LogP contribution is 2.32. The van der Waals surface area contributed by atoms with Gasteiger partial charge in [-0.1, -0.05) is 0 Å². The van der Waals surface area contributed by atoms with Gasteiger partial charge in [0.25, 0.3) is 0 Å². The molecule has 0 bridgehead atoms. The van der Waals surface area contributed by atoms with Gasteiger partial charge in [0.2, 0.25) is 0 Å². The third kappa shape index (κ3) is 2.95. The monoisotopic (exact) mass is 288 g/mol. The summed E-state index contributed by atoms with van der Waals surface area (Å²) in [7, 11) is 0. The van der Waals surface area contributed by atoms with E-state index in [1.54, 1.807) is 4.52 Å². The van der Waals surface area contributed by atoms with Gasteiger partial charge in [-0.25, -0.2) is 9.50 Å². The lowest BCUT2D eigenvalue weighted by Crippen LogP contribution is -2.25. The van der Waals surface area contributed by atoms with Gasteiger partial charge in [0.05, 0.1) is 17.6 Å². The number of anilines is 2. The molecule has 0 spiro atoms. The number of nitrogens with two attached hydrogens (primary N) is 2. The first-order chi connectivity index (χ1) is 10.0. The molecule has 2 heterocycles. The second-order valence-electron chi connectivity index (χ2n) is 6.33. The minimum Gasteiger partial charge on any atom is -0.382 e. The Hall–Kier alpha value is -1.82. The molecule has 0 radical (unpaired) electrons. The molecular formula is C15H24N6.